The zero-order valence-electron chi connectivity index (χ0n) is 20.5. The van der Waals surface area contributed by atoms with Crippen molar-refractivity contribution in [2.75, 3.05) is 11.9 Å². The highest BCUT2D eigenvalue weighted by Gasteiger charge is 2.48. The summed E-state index contributed by atoms with van der Waals surface area (Å²) in [4.78, 5) is 58.1. The second kappa shape index (κ2) is 11.9. The molecule has 4 rings (SSSR count). The lowest BCUT2D eigenvalue weighted by Gasteiger charge is -2.25. The number of H-pyrrole nitrogens is 1. The number of aromatic amines is 1. The van der Waals surface area contributed by atoms with E-state index in [1.54, 1.807) is 38.1 Å². The molecule has 1 unspecified atom stereocenters. The SMILES string of the molecule is CC(C)C(=O)Nc1nc2c(ncn2[C@@H]2O[C@H](CO)[C@@H](OP(N)O)[C@H]2NC(=O)OCc2ccccc2)c(=O)[nH]1. The lowest BCUT2D eigenvalue weighted by Crippen LogP contribution is -2.47. The maximum absolute atomic E-state index is 12.7. The van der Waals surface area contributed by atoms with E-state index < -0.39 is 51.3 Å². The number of hydrogen-bond acceptors (Lipinski definition) is 11. The molecule has 2 aromatic heterocycles. The third-order valence-electron chi connectivity index (χ3n) is 5.72. The highest BCUT2D eigenvalue weighted by atomic mass is 31.2. The number of amides is 2. The van der Waals surface area contributed by atoms with Crippen molar-refractivity contribution in [2.45, 2.75) is 44.9 Å². The molecule has 0 aliphatic carbocycles. The second-order valence-corrected chi connectivity index (χ2v) is 9.55. The number of rotatable bonds is 9. The fourth-order valence-corrected chi connectivity index (χ4v) is 4.38. The van der Waals surface area contributed by atoms with Gasteiger partial charge in [-0.1, -0.05) is 44.2 Å². The lowest BCUT2D eigenvalue weighted by atomic mass is 10.1. The minimum Gasteiger partial charge on any atom is -0.445 e. The molecule has 1 saturated heterocycles. The predicted molar refractivity (Wildman–Crippen MR) is 134 cm³/mol. The van der Waals surface area contributed by atoms with Gasteiger partial charge in [-0.3, -0.25) is 30.0 Å². The third-order valence-corrected chi connectivity index (χ3v) is 6.18. The number of imidazole rings is 1. The molecule has 1 aliphatic heterocycles. The molecular weight excluding hydrogens is 521 g/mol. The number of alkyl carbamates (subject to hydrolysis) is 1. The van der Waals surface area contributed by atoms with E-state index in [1.807, 2.05) is 6.07 Å². The van der Waals surface area contributed by atoms with Crippen LogP contribution in [-0.2, 0) is 25.4 Å². The Morgan fingerprint density at radius 1 is 1.32 bits per heavy atom. The van der Waals surface area contributed by atoms with Crippen molar-refractivity contribution in [1.82, 2.24) is 24.8 Å². The van der Waals surface area contributed by atoms with E-state index in [1.165, 1.54) is 10.9 Å². The molecule has 0 radical (unpaired) electrons. The summed E-state index contributed by atoms with van der Waals surface area (Å²) in [5, 5.41) is 15.1. The number of aromatic nitrogens is 4. The van der Waals surface area contributed by atoms with Gasteiger partial charge in [-0.2, -0.15) is 4.98 Å². The van der Waals surface area contributed by atoms with Gasteiger partial charge < -0.3 is 29.3 Å². The van der Waals surface area contributed by atoms with Crippen molar-refractivity contribution in [2.24, 2.45) is 11.4 Å². The number of ether oxygens (including phenoxy) is 2. The van der Waals surface area contributed by atoms with Gasteiger partial charge in [0.2, 0.25) is 11.9 Å². The van der Waals surface area contributed by atoms with Crippen LogP contribution in [0.1, 0.15) is 25.6 Å². The van der Waals surface area contributed by atoms with Crippen molar-refractivity contribution >= 4 is 37.6 Å². The maximum atomic E-state index is 12.7. The van der Waals surface area contributed by atoms with E-state index >= 15 is 0 Å². The van der Waals surface area contributed by atoms with Gasteiger partial charge in [-0.25, -0.2) is 9.78 Å². The van der Waals surface area contributed by atoms with Crippen LogP contribution in [0, 0.1) is 5.92 Å². The normalized spacial score (nSPS) is 21.9. The Labute approximate surface area is 217 Å². The molecule has 5 atom stereocenters. The molecule has 38 heavy (non-hydrogen) atoms. The Balaban J connectivity index is 1.66. The minimum atomic E-state index is -2.40. The van der Waals surface area contributed by atoms with Crippen LogP contribution in [0.5, 0.6) is 0 Å². The monoisotopic (exact) mass is 549 g/mol. The summed E-state index contributed by atoms with van der Waals surface area (Å²) in [7, 11) is -2.40. The molecule has 0 saturated carbocycles. The fraction of sp³-hybridized carbons (Fsp3) is 0.409. The number of nitrogens with one attached hydrogen (secondary N) is 3. The smallest absolute Gasteiger partial charge is 0.407 e. The van der Waals surface area contributed by atoms with Crippen LogP contribution >= 0.6 is 8.53 Å². The summed E-state index contributed by atoms with van der Waals surface area (Å²) in [6, 6.07) is 7.93. The summed E-state index contributed by atoms with van der Waals surface area (Å²) < 4.78 is 18.0. The van der Waals surface area contributed by atoms with Gasteiger partial charge in [0.05, 0.1) is 12.9 Å². The number of nitrogens with two attached hydrogens (primary N) is 1. The van der Waals surface area contributed by atoms with Crippen molar-refractivity contribution in [3.63, 3.8) is 0 Å². The quantitative estimate of drug-likeness (QED) is 0.202. The molecule has 16 heteroatoms. The molecule has 7 N–H and O–H groups in total. The predicted octanol–water partition coefficient (Wildman–Crippen LogP) is 0.462. The fourth-order valence-electron chi connectivity index (χ4n) is 3.87. The standard InChI is InChI=1S/C22H28N7O8P/c1-11(2)18(31)27-21-26-17-15(19(32)28-21)24-10-29(17)20-14(16(37-38(23)34)13(8-30)36-20)25-22(33)35-9-12-6-4-3-5-7-12/h3-7,10-11,13-14,16,20,30,34H,8-9,23H2,1-2H3,(H,25,33)(H2,26,27,28,31,32)/t13-,14-,16-,20-,38?/m1/s1. The molecule has 1 fully saturated rings. The summed E-state index contributed by atoms with van der Waals surface area (Å²) in [6.07, 6.45) is -2.82. The molecule has 0 bridgehead atoms. The summed E-state index contributed by atoms with van der Waals surface area (Å²) >= 11 is 0. The Morgan fingerprint density at radius 3 is 2.71 bits per heavy atom. The van der Waals surface area contributed by atoms with Crippen molar-refractivity contribution in [1.29, 1.82) is 0 Å². The summed E-state index contributed by atoms with van der Waals surface area (Å²) in [5.41, 5.74) is 5.58. The van der Waals surface area contributed by atoms with Gasteiger partial charge in [0, 0.05) is 5.92 Å². The van der Waals surface area contributed by atoms with Crippen LogP contribution < -0.4 is 21.7 Å². The molecule has 3 heterocycles. The van der Waals surface area contributed by atoms with E-state index in [4.69, 9.17) is 19.5 Å². The first kappa shape index (κ1) is 27.6. The summed E-state index contributed by atoms with van der Waals surface area (Å²) in [5.74, 6) is -0.855. The van der Waals surface area contributed by atoms with Crippen LogP contribution in [0.25, 0.3) is 11.2 Å². The Hall–Kier alpha value is -3.46. The highest BCUT2D eigenvalue weighted by molar-refractivity contribution is 7.43. The molecule has 2 amide bonds. The largest absolute Gasteiger partial charge is 0.445 e. The van der Waals surface area contributed by atoms with Crippen LogP contribution in [0.4, 0.5) is 10.7 Å². The van der Waals surface area contributed by atoms with E-state index in [-0.39, 0.29) is 35.5 Å². The second-order valence-electron chi connectivity index (χ2n) is 8.73. The van der Waals surface area contributed by atoms with Crippen LogP contribution in [-0.4, -0.2) is 66.4 Å². The number of carbonyl (C=O) groups is 2. The maximum Gasteiger partial charge on any atom is 0.407 e. The Kier molecular flexibility index (Phi) is 8.66. The molecule has 0 spiro atoms. The molecule has 1 aliphatic rings. The van der Waals surface area contributed by atoms with Crippen LogP contribution in [0.15, 0.2) is 41.5 Å². The number of hydrogen-bond donors (Lipinski definition) is 6. The number of aliphatic hydroxyl groups excluding tert-OH is 1. The zero-order chi connectivity index (χ0) is 27.4. The van der Waals surface area contributed by atoms with Gasteiger partial charge >= 0.3 is 6.09 Å². The van der Waals surface area contributed by atoms with Gasteiger partial charge in [0.25, 0.3) is 14.1 Å². The average molecular weight is 549 g/mol. The first-order valence-electron chi connectivity index (χ1n) is 11.6. The van der Waals surface area contributed by atoms with E-state index in [9.17, 15) is 24.4 Å². The van der Waals surface area contributed by atoms with E-state index in [2.05, 4.69) is 25.6 Å². The van der Waals surface area contributed by atoms with Gasteiger partial charge in [-0.05, 0) is 5.56 Å². The van der Waals surface area contributed by atoms with Crippen molar-refractivity contribution in [3.8, 4) is 0 Å². The molecule has 1 aromatic carbocycles. The number of benzene rings is 1. The Bertz CT molecular complexity index is 1330. The lowest BCUT2D eigenvalue weighted by molar-refractivity contribution is -0.118. The topological polar surface area (TPSA) is 216 Å². The van der Waals surface area contributed by atoms with Gasteiger partial charge in [0.1, 0.15) is 24.9 Å². The number of carbonyl (C=O) groups excluding carboxylic acids is 2. The highest BCUT2D eigenvalue weighted by Crippen LogP contribution is 2.38. The molecular formula is C22H28N7O8P. The van der Waals surface area contributed by atoms with Gasteiger partial charge in [-0.15, -0.1) is 0 Å². The van der Waals surface area contributed by atoms with Crippen molar-refractivity contribution in [3.05, 3.63) is 52.6 Å². The van der Waals surface area contributed by atoms with Gasteiger partial charge in [0.15, 0.2) is 17.4 Å². The molecule has 3 aromatic rings. The molecule has 15 nitrogen and oxygen atoms in total. The number of anilines is 1. The number of nitrogens with zero attached hydrogens (tertiary/aromatic N) is 3. The number of aliphatic hydroxyl groups is 1. The average Bonchev–Trinajstić information content (AvgIpc) is 3.44. The summed E-state index contributed by atoms with van der Waals surface area (Å²) in [6.45, 7) is 2.79. The number of fused-ring (bicyclic) bond motifs is 1. The first-order valence-corrected chi connectivity index (χ1v) is 12.9. The minimum absolute atomic E-state index is 0.0205. The third kappa shape index (κ3) is 6.15. The van der Waals surface area contributed by atoms with E-state index in [0.29, 0.717) is 0 Å². The van der Waals surface area contributed by atoms with Crippen molar-refractivity contribution < 1.29 is 33.6 Å². The molecule has 204 valence electrons. The van der Waals surface area contributed by atoms with Crippen LogP contribution in [0.2, 0.25) is 0 Å². The van der Waals surface area contributed by atoms with Crippen LogP contribution in [0.3, 0.4) is 0 Å². The van der Waals surface area contributed by atoms with E-state index in [0.717, 1.165) is 5.56 Å². The Morgan fingerprint density at radius 2 is 2.05 bits per heavy atom. The zero-order valence-corrected chi connectivity index (χ0v) is 21.4. The first-order chi connectivity index (χ1) is 18.2.